The van der Waals surface area contributed by atoms with Gasteiger partial charge in [-0.25, -0.2) is 0 Å². The summed E-state index contributed by atoms with van der Waals surface area (Å²) in [5, 5.41) is 2.63. The molecule has 6 aromatic carbocycles. The van der Waals surface area contributed by atoms with E-state index in [9.17, 15) is 0 Å². The molecular weight excluding hydrogens is 551 g/mol. The van der Waals surface area contributed by atoms with Gasteiger partial charge in [0.1, 0.15) is 0 Å². The highest BCUT2D eigenvalue weighted by Gasteiger charge is 2.37. The van der Waals surface area contributed by atoms with Crippen LogP contribution < -0.4 is 4.90 Å². The number of rotatable bonds is 3. The van der Waals surface area contributed by atoms with Gasteiger partial charge in [-0.15, -0.1) is 11.3 Å². The summed E-state index contributed by atoms with van der Waals surface area (Å²) < 4.78 is 2.64. The predicted molar refractivity (Wildman–Crippen MR) is 189 cm³/mol. The Bertz CT molecular complexity index is 2190. The molecule has 0 atom stereocenters. The Morgan fingerprint density at radius 1 is 0.455 bits per heavy atom. The molecule has 0 spiro atoms. The van der Waals surface area contributed by atoms with E-state index in [1.54, 1.807) is 0 Å². The molecule has 0 saturated carbocycles. The molecule has 0 saturated heterocycles. The minimum atomic E-state index is -0.0732. The molecule has 9 rings (SSSR count). The van der Waals surface area contributed by atoms with Crippen LogP contribution in [0.1, 0.15) is 49.9 Å². The Kier molecular flexibility index (Phi) is 5.24. The maximum absolute atomic E-state index is 2.51. The van der Waals surface area contributed by atoms with E-state index in [1.165, 1.54) is 81.7 Å². The molecule has 7 aromatic rings. The first-order valence-corrected chi connectivity index (χ1v) is 16.3. The SMILES string of the molecule is CC1(C)c2ccccc2-c2ccc(N(c3ccc4c(c3)C(C)(C)c3ccccc3-4)c3cccc4sc5ccccc5c34)cc21. The second kappa shape index (κ2) is 8.94. The normalized spacial score (nSPS) is 15.2. The number of fused-ring (bicyclic) bond motifs is 9. The molecule has 0 unspecified atom stereocenters. The zero-order valence-electron chi connectivity index (χ0n) is 25.5. The standard InChI is InChI=1S/C42H33NS/c1-41(2)33-15-8-5-12-28(33)30-22-20-26(24-35(30)41)43(37-17-11-19-39-40(37)32-14-7-10-18-38(32)44-39)27-21-23-31-29-13-6-9-16-34(29)42(3,4)36(31)25-27/h5-25H,1-4H3. The summed E-state index contributed by atoms with van der Waals surface area (Å²) in [6.07, 6.45) is 0. The van der Waals surface area contributed by atoms with Crippen molar-refractivity contribution in [3.63, 3.8) is 0 Å². The number of thiophene rings is 1. The smallest absolute Gasteiger partial charge is 0.0554 e. The van der Waals surface area contributed by atoms with Crippen molar-refractivity contribution in [3.05, 3.63) is 150 Å². The van der Waals surface area contributed by atoms with Crippen LogP contribution in [-0.2, 0) is 10.8 Å². The third-order valence-corrected chi connectivity index (χ3v) is 11.4. The van der Waals surface area contributed by atoms with Crippen LogP contribution in [0.25, 0.3) is 42.4 Å². The van der Waals surface area contributed by atoms with Gasteiger partial charge >= 0.3 is 0 Å². The van der Waals surface area contributed by atoms with E-state index in [4.69, 9.17) is 0 Å². The molecule has 44 heavy (non-hydrogen) atoms. The number of nitrogens with zero attached hydrogens (tertiary/aromatic N) is 1. The fourth-order valence-electron chi connectivity index (χ4n) is 8.03. The van der Waals surface area contributed by atoms with E-state index in [-0.39, 0.29) is 10.8 Å². The summed E-state index contributed by atoms with van der Waals surface area (Å²) in [5.74, 6) is 0. The van der Waals surface area contributed by atoms with Gasteiger partial charge < -0.3 is 4.90 Å². The first-order valence-electron chi connectivity index (χ1n) is 15.5. The van der Waals surface area contributed by atoms with Gasteiger partial charge in [-0.2, -0.15) is 0 Å². The Balaban J connectivity index is 1.32. The molecule has 2 aliphatic carbocycles. The molecule has 1 aromatic heterocycles. The van der Waals surface area contributed by atoms with Crippen molar-refractivity contribution < 1.29 is 0 Å². The summed E-state index contributed by atoms with van der Waals surface area (Å²) in [6.45, 7) is 9.48. The quantitative estimate of drug-likeness (QED) is 0.200. The van der Waals surface area contributed by atoms with Gasteiger partial charge in [-0.3, -0.25) is 0 Å². The molecule has 2 heteroatoms. The van der Waals surface area contributed by atoms with Gasteiger partial charge in [0, 0.05) is 42.4 Å². The zero-order valence-corrected chi connectivity index (χ0v) is 26.3. The van der Waals surface area contributed by atoms with E-state index in [1.807, 2.05) is 11.3 Å². The molecule has 2 aliphatic rings. The van der Waals surface area contributed by atoms with Crippen LogP contribution in [0, 0.1) is 0 Å². The molecule has 0 bridgehead atoms. The third kappa shape index (κ3) is 3.41. The summed E-state index contributed by atoms with van der Waals surface area (Å²) in [6, 6.07) is 47.7. The first-order chi connectivity index (χ1) is 21.3. The van der Waals surface area contributed by atoms with Gasteiger partial charge in [0.2, 0.25) is 0 Å². The fourth-order valence-corrected chi connectivity index (χ4v) is 9.16. The van der Waals surface area contributed by atoms with Crippen molar-refractivity contribution in [2.75, 3.05) is 4.90 Å². The van der Waals surface area contributed by atoms with E-state index in [2.05, 4.69) is 160 Å². The van der Waals surface area contributed by atoms with Crippen LogP contribution in [-0.4, -0.2) is 0 Å². The van der Waals surface area contributed by atoms with Crippen LogP contribution in [0.3, 0.4) is 0 Å². The van der Waals surface area contributed by atoms with Crippen molar-refractivity contribution in [3.8, 4) is 22.3 Å². The topological polar surface area (TPSA) is 3.24 Å². The van der Waals surface area contributed by atoms with Crippen molar-refractivity contribution in [1.82, 2.24) is 0 Å². The molecule has 0 N–H and O–H groups in total. The monoisotopic (exact) mass is 583 g/mol. The highest BCUT2D eigenvalue weighted by molar-refractivity contribution is 7.26. The Morgan fingerprint density at radius 2 is 0.955 bits per heavy atom. The van der Waals surface area contributed by atoms with Crippen LogP contribution in [0.4, 0.5) is 17.1 Å². The molecular formula is C42H33NS. The summed E-state index contributed by atoms with van der Waals surface area (Å²) in [4.78, 5) is 2.51. The second-order valence-corrected chi connectivity index (χ2v) is 14.5. The molecule has 0 fully saturated rings. The molecule has 0 aliphatic heterocycles. The lowest BCUT2D eigenvalue weighted by Gasteiger charge is -2.30. The minimum Gasteiger partial charge on any atom is -0.310 e. The van der Waals surface area contributed by atoms with Gasteiger partial charge in [-0.1, -0.05) is 113 Å². The average Bonchev–Trinajstić information content (AvgIpc) is 3.62. The summed E-state index contributed by atoms with van der Waals surface area (Å²) in [7, 11) is 0. The fraction of sp³-hybridized carbons (Fsp3) is 0.143. The van der Waals surface area contributed by atoms with Crippen LogP contribution in [0.5, 0.6) is 0 Å². The van der Waals surface area contributed by atoms with Gasteiger partial charge in [0.15, 0.2) is 0 Å². The van der Waals surface area contributed by atoms with E-state index in [0.717, 1.165) is 0 Å². The van der Waals surface area contributed by atoms with Gasteiger partial charge in [0.25, 0.3) is 0 Å². The van der Waals surface area contributed by atoms with Crippen molar-refractivity contribution >= 4 is 48.6 Å². The highest BCUT2D eigenvalue weighted by Crippen LogP contribution is 2.54. The third-order valence-electron chi connectivity index (χ3n) is 10.3. The Labute approximate surface area is 263 Å². The van der Waals surface area contributed by atoms with Crippen LogP contribution in [0.15, 0.2) is 127 Å². The van der Waals surface area contributed by atoms with Gasteiger partial charge in [0.05, 0.1) is 5.69 Å². The van der Waals surface area contributed by atoms with Crippen molar-refractivity contribution in [1.29, 1.82) is 0 Å². The molecule has 1 heterocycles. The maximum Gasteiger partial charge on any atom is 0.0554 e. The predicted octanol–water partition coefficient (Wildman–Crippen LogP) is 12.1. The minimum absolute atomic E-state index is 0.0732. The first kappa shape index (κ1) is 25.8. The second-order valence-electron chi connectivity index (χ2n) is 13.4. The average molecular weight is 584 g/mol. The maximum atomic E-state index is 2.51. The lowest BCUT2D eigenvalue weighted by Crippen LogP contribution is -2.18. The number of anilines is 3. The van der Waals surface area contributed by atoms with Crippen LogP contribution in [0.2, 0.25) is 0 Å². The molecule has 0 amide bonds. The van der Waals surface area contributed by atoms with Gasteiger partial charge in [-0.05, 0) is 87.0 Å². The summed E-state index contributed by atoms with van der Waals surface area (Å²) in [5.41, 5.74) is 14.5. The lowest BCUT2D eigenvalue weighted by molar-refractivity contribution is 0.660. The van der Waals surface area contributed by atoms with E-state index >= 15 is 0 Å². The number of hydrogen-bond acceptors (Lipinski definition) is 2. The molecule has 0 radical (unpaired) electrons. The number of benzene rings is 6. The van der Waals surface area contributed by atoms with Crippen molar-refractivity contribution in [2.24, 2.45) is 0 Å². The Morgan fingerprint density at radius 3 is 1.57 bits per heavy atom. The van der Waals surface area contributed by atoms with E-state index < -0.39 is 0 Å². The number of hydrogen-bond donors (Lipinski definition) is 0. The molecule has 1 nitrogen and oxygen atoms in total. The van der Waals surface area contributed by atoms with E-state index in [0.29, 0.717) is 0 Å². The highest BCUT2D eigenvalue weighted by atomic mass is 32.1. The molecule has 212 valence electrons. The van der Waals surface area contributed by atoms with Crippen molar-refractivity contribution in [2.45, 2.75) is 38.5 Å². The largest absolute Gasteiger partial charge is 0.310 e. The Hall–Kier alpha value is -4.66. The lowest BCUT2D eigenvalue weighted by atomic mass is 9.82. The zero-order chi connectivity index (χ0) is 29.8. The summed E-state index contributed by atoms with van der Waals surface area (Å²) >= 11 is 1.88. The van der Waals surface area contributed by atoms with Crippen LogP contribution >= 0.6 is 11.3 Å².